The molecular formula is C10H15BrN2OS. The van der Waals surface area contributed by atoms with Crippen molar-refractivity contribution in [2.45, 2.75) is 19.3 Å². The normalized spacial score (nSPS) is 11.5. The van der Waals surface area contributed by atoms with Crippen molar-refractivity contribution in [1.29, 1.82) is 0 Å². The predicted octanol–water partition coefficient (Wildman–Crippen LogP) is 1.86. The molecule has 0 fully saturated rings. The van der Waals surface area contributed by atoms with Gasteiger partial charge in [-0.05, 0) is 41.9 Å². The Balaban J connectivity index is 2.77. The van der Waals surface area contributed by atoms with Crippen LogP contribution in [0, 0.1) is 0 Å². The van der Waals surface area contributed by atoms with E-state index in [0.717, 1.165) is 8.66 Å². The van der Waals surface area contributed by atoms with Crippen molar-refractivity contribution in [2.24, 2.45) is 5.73 Å². The highest BCUT2D eigenvalue weighted by Gasteiger charge is 2.30. The summed E-state index contributed by atoms with van der Waals surface area (Å²) in [7, 11) is 0. The van der Waals surface area contributed by atoms with E-state index in [2.05, 4.69) is 21.2 Å². The van der Waals surface area contributed by atoms with Gasteiger partial charge >= 0.3 is 0 Å². The molecule has 0 aliphatic rings. The molecule has 0 atom stereocenters. The first-order valence-electron chi connectivity index (χ1n) is 4.72. The van der Waals surface area contributed by atoms with E-state index in [0.29, 0.717) is 13.1 Å². The van der Waals surface area contributed by atoms with Gasteiger partial charge in [-0.3, -0.25) is 4.79 Å². The van der Waals surface area contributed by atoms with Crippen molar-refractivity contribution in [3.8, 4) is 0 Å². The van der Waals surface area contributed by atoms with Gasteiger partial charge in [-0.15, -0.1) is 11.3 Å². The maximum absolute atomic E-state index is 11.9. The molecule has 1 aromatic rings. The van der Waals surface area contributed by atoms with Crippen LogP contribution in [-0.2, 0) is 10.2 Å². The lowest BCUT2D eigenvalue weighted by Gasteiger charge is -2.21. The summed E-state index contributed by atoms with van der Waals surface area (Å²) in [5, 5.41) is 2.81. The summed E-state index contributed by atoms with van der Waals surface area (Å²) < 4.78 is 1.04. The van der Waals surface area contributed by atoms with Crippen LogP contribution in [0.4, 0.5) is 0 Å². The quantitative estimate of drug-likeness (QED) is 0.889. The van der Waals surface area contributed by atoms with Crippen LogP contribution in [0.25, 0.3) is 0 Å². The van der Waals surface area contributed by atoms with Crippen LogP contribution in [0.1, 0.15) is 18.7 Å². The number of rotatable bonds is 4. The summed E-state index contributed by atoms with van der Waals surface area (Å²) in [5.74, 6) is 0.0160. The molecule has 0 saturated heterocycles. The molecule has 15 heavy (non-hydrogen) atoms. The first kappa shape index (κ1) is 12.7. The fraction of sp³-hybridized carbons (Fsp3) is 0.500. The number of carbonyl (C=O) groups excluding carboxylic acids is 1. The Morgan fingerprint density at radius 1 is 1.60 bits per heavy atom. The van der Waals surface area contributed by atoms with Crippen molar-refractivity contribution >= 4 is 33.2 Å². The zero-order valence-corrected chi connectivity index (χ0v) is 11.2. The van der Waals surface area contributed by atoms with Crippen molar-refractivity contribution in [3.05, 3.63) is 20.8 Å². The number of thiophene rings is 1. The first-order valence-corrected chi connectivity index (χ1v) is 6.33. The van der Waals surface area contributed by atoms with Gasteiger partial charge in [0.25, 0.3) is 0 Å². The van der Waals surface area contributed by atoms with Crippen molar-refractivity contribution in [2.75, 3.05) is 13.1 Å². The SMILES string of the molecule is CC(C)(C(=O)NCCN)c1ccc(Br)s1. The summed E-state index contributed by atoms with van der Waals surface area (Å²) in [5.41, 5.74) is 4.85. The molecule has 1 aromatic heterocycles. The van der Waals surface area contributed by atoms with Gasteiger partial charge in [-0.25, -0.2) is 0 Å². The number of carbonyl (C=O) groups is 1. The number of hydrogen-bond acceptors (Lipinski definition) is 3. The maximum atomic E-state index is 11.9. The predicted molar refractivity (Wildman–Crippen MR) is 67.1 cm³/mol. The molecule has 3 nitrogen and oxygen atoms in total. The Kier molecular flexibility index (Phi) is 4.31. The molecule has 0 spiro atoms. The Bertz CT molecular complexity index is 349. The number of nitrogens with two attached hydrogens (primary N) is 1. The molecule has 1 heterocycles. The first-order chi connectivity index (χ1) is 6.98. The third-order valence-corrected chi connectivity index (χ3v) is 4.13. The zero-order chi connectivity index (χ0) is 11.5. The minimum Gasteiger partial charge on any atom is -0.354 e. The molecule has 0 aromatic carbocycles. The fourth-order valence-electron chi connectivity index (χ4n) is 1.17. The molecule has 0 bridgehead atoms. The van der Waals surface area contributed by atoms with Crippen LogP contribution in [0.15, 0.2) is 15.9 Å². The molecule has 0 unspecified atom stereocenters. The Morgan fingerprint density at radius 2 is 2.27 bits per heavy atom. The molecule has 0 saturated carbocycles. The average molecular weight is 291 g/mol. The highest BCUT2D eigenvalue weighted by molar-refractivity contribution is 9.11. The molecule has 1 rings (SSSR count). The van der Waals surface area contributed by atoms with Gasteiger partial charge in [0, 0.05) is 18.0 Å². The second-order valence-corrected chi connectivity index (χ2v) is 6.24. The summed E-state index contributed by atoms with van der Waals surface area (Å²) >= 11 is 4.97. The molecule has 0 aliphatic heterocycles. The van der Waals surface area contributed by atoms with E-state index in [4.69, 9.17) is 5.73 Å². The van der Waals surface area contributed by atoms with Crippen LogP contribution in [0.2, 0.25) is 0 Å². The van der Waals surface area contributed by atoms with Gasteiger partial charge in [0.1, 0.15) is 0 Å². The van der Waals surface area contributed by atoms with E-state index in [1.807, 2.05) is 26.0 Å². The van der Waals surface area contributed by atoms with Crippen molar-refractivity contribution in [3.63, 3.8) is 0 Å². The van der Waals surface area contributed by atoms with Gasteiger partial charge in [-0.1, -0.05) is 0 Å². The highest BCUT2D eigenvalue weighted by Crippen LogP contribution is 2.32. The van der Waals surface area contributed by atoms with Gasteiger partial charge in [0.2, 0.25) is 5.91 Å². The third-order valence-electron chi connectivity index (χ3n) is 2.19. The summed E-state index contributed by atoms with van der Waals surface area (Å²) in [6, 6.07) is 3.93. The second kappa shape index (κ2) is 5.09. The Hall–Kier alpha value is -0.390. The lowest BCUT2D eigenvalue weighted by molar-refractivity contribution is -0.125. The topological polar surface area (TPSA) is 55.1 Å². The number of halogens is 1. The molecule has 1 amide bonds. The van der Waals surface area contributed by atoms with Gasteiger partial charge in [0.15, 0.2) is 0 Å². The van der Waals surface area contributed by atoms with Crippen LogP contribution in [0.3, 0.4) is 0 Å². The maximum Gasteiger partial charge on any atom is 0.230 e. The van der Waals surface area contributed by atoms with Crippen LogP contribution >= 0.6 is 27.3 Å². The van der Waals surface area contributed by atoms with Gasteiger partial charge < -0.3 is 11.1 Å². The molecule has 0 radical (unpaired) electrons. The van der Waals surface area contributed by atoms with E-state index in [-0.39, 0.29) is 5.91 Å². The lowest BCUT2D eigenvalue weighted by Crippen LogP contribution is -2.41. The number of hydrogen-bond donors (Lipinski definition) is 2. The highest BCUT2D eigenvalue weighted by atomic mass is 79.9. The lowest BCUT2D eigenvalue weighted by atomic mass is 9.90. The average Bonchev–Trinajstić information content (AvgIpc) is 2.61. The standard InChI is InChI=1S/C10H15BrN2OS/c1-10(2,9(14)13-6-5-12)7-3-4-8(11)15-7/h3-4H,5-6,12H2,1-2H3,(H,13,14). The number of nitrogens with one attached hydrogen (secondary N) is 1. The number of amides is 1. The molecule has 0 aliphatic carbocycles. The molecule has 84 valence electrons. The largest absolute Gasteiger partial charge is 0.354 e. The third kappa shape index (κ3) is 3.03. The van der Waals surface area contributed by atoms with Crippen molar-refractivity contribution in [1.82, 2.24) is 5.32 Å². The molecular weight excluding hydrogens is 276 g/mol. The van der Waals surface area contributed by atoms with Gasteiger partial charge in [-0.2, -0.15) is 0 Å². The van der Waals surface area contributed by atoms with E-state index in [1.54, 1.807) is 11.3 Å². The van der Waals surface area contributed by atoms with Crippen molar-refractivity contribution < 1.29 is 4.79 Å². The van der Waals surface area contributed by atoms with Crippen LogP contribution in [0.5, 0.6) is 0 Å². The van der Waals surface area contributed by atoms with Crippen LogP contribution in [-0.4, -0.2) is 19.0 Å². The van der Waals surface area contributed by atoms with Gasteiger partial charge in [0.05, 0.1) is 9.20 Å². The second-order valence-electron chi connectivity index (χ2n) is 3.77. The Labute approximate surface area is 102 Å². The fourth-order valence-corrected chi connectivity index (χ4v) is 2.65. The summed E-state index contributed by atoms with van der Waals surface area (Å²) in [6.45, 7) is 4.82. The zero-order valence-electron chi connectivity index (χ0n) is 8.84. The smallest absolute Gasteiger partial charge is 0.230 e. The minimum atomic E-state index is -0.494. The van der Waals surface area contributed by atoms with E-state index >= 15 is 0 Å². The Morgan fingerprint density at radius 3 is 2.73 bits per heavy atom. The summed E-state index contributed by atoms with van der Waals surface area (Å²) in [4.78, 5) is 12.9. The van der Waals surface area contributed by atoms with E-state index in [9.17, 15) is 4.79 Å². The monoisotopic (exact) mass is 290 g/mol. The molecule has 5 heteroatoms. The minimum absolute atomic E-state index is 0.0160. The van der Waals surface area contributed by atoms with Crippen LogP contribution < -0.4 is 11.1 Å². The summed E-state index contributed by atoms with van der Waals surface area (Å²) in [6.07, 6.45) is 0. The van der Waals surface area contributed by atoms with E-state index < -0.39 is 5.41 Å². The molecule has 3 N–H and O–H groups in total. The van der Waals surface area contributed by atoms with E-state index in [1.165, 1.54) is 0 Å².